The van der Waals surface area contributed by atoms with Crippen molar-refractivity contribution in [3.05, 3.63) is 52.1 Å². The fourth-order valence-electron chi connectivity index (χ4n) is 1.62. The highest BCUT2D eigenvalue weighted by molar-refractivity contribution is 9.10. The van der Waals surface area contributed by atoms with Crippen LogP contribution in [0.5, 0.6) is 0 Å². The summed E-state index contributed by atoms with van der Waals surface area (Å²) in [4.78, 5) is 4.22. The van der Waals surface area contributed by atoms with Crippen LogP contribution in [-0.2, 0) is 6.42 Å². The van der Waals surface area contributed by atoms with E-state index in [0.717, 1.165) is 16.5 Å². The van der Waals surface area contributed by atoms with Crippen LogP contribution in [0.4, 0.5) is 0 Å². The molecular formula is C12H12BrNO2. The Morgan fingerprint density at radius 1 is 1.50 bits per heavy atom. The number of nitrogens with zero attached hydrogens (tertiary/aromatic N) is 1. The molecule has 1 unspecified atom stereocenters. The SMILES string of the molecule is CCc1cccnc1C(O)c1occc1Br. The van der Waals surface area contributed by atoms with E-state index in [1.165, 1.54) is 6.26 Å². The smallest absolute Gasteiger partial charge is 0.155 e. The maximum Gasteiger partial charge on any atom is 0.155 e. The van der Waals surface area contributed by atoms with Gasteiger partial charge in [-0.2, -0.15) is 0 Å². The van der Waals surface area contributed by atoms with Crippen LogP contribution in [0.3, 0.4) is 0 Å². The molecule has 0 amide bonds. The molecule has 0 saturated carbocycles. The average Bonchev–Trinajstić information content (AvgIpc) is 2.74. The molecule has 0 saturated heterocycles. The van der Waals surface area contributed by atoms with Gasteiger partial charge in [-0.05, 0) is 40.0 Å². The molecule has 2 aromatic heterocycles. The lowest BCUT2D eigenvalue weighted by Crippen LogP contribution is -2.05. The summed E-state index contributed by atoms with van der Waals surface area (Å²) in [6.45, 7) is 2.03. The van der Waals surface area contributed by atoms with Crippen molar-refractivity contribution < 1.29 is 9.52 Å². The minimum absolute atomic E-state index is 0.494. The van der Waals surface area contributed by atoms with E-state index in [1.807, 2.05) is 19.1 Å². The fraction of sp³-hybridized carbons (Fsp3) is 0.250. The number of aryl methyl sites for hydroxylation is 1. The molecule has 0 spiro atoms. The number of pyridine rings is 1. The lowest BCUT2D eigenvalue weighted by molar-refractivity contribution is 0.182. The van der Waals surface area contributed by atoms with Gasteiger partial charge in [0.05, 0.1) is 16.4 Å². The van der Waals surface area contributed by atoms with Crippen LogP contribution in [0.1, 0.15) is 30.0 Å². The summed E-state index contributed by atoms with van der Waals surface area (Å²) in [6.07, 6.45) is 3.23. The van der Waals surface area contributed by atoms with E-state index in [-0.39, 0.29) is 0 Å². The van der Waals surface area contributed by atoms with E-state index in [0.29, 0.717) is 11.5 Å². The third-order valence-corrected chi connectivity index (χ3v) is 3.11. The lowest BCUT2D eigenvalue weighted by atomic mass is 10.1. The molecule has 0 aliphatic carbocycles. The molecule has 0 radical (unpaired) electrons. The fourth-order valence-corrected chi connectivity index (χ4v) is 2.04. The Bertz CT molecular complexity index is 481. The van der Waals surface area contributed by atoms with Crippen LogP contribution in [-0.4, -0.2) is 10.1 Å². The van der Waals surface area contributed by atoms with E-state index in [2.05, 4.69) is 20.9 Å². The quantitative estimate of drug-likeness (QED) is 0.941. The molecule has 0 bridgehead atoms. The molecule has 84 valence electrons. The Balaban J connectivity index is 2.41. The van der Waals surface area contributed by atoms with E-state index in [9.17, 15) is 5.11 Å². The largest absolute Gasteiger partial charge is 0.465 e. The van der Waals surface area contributed by atoms with Crippen LogP contribution in [0.25, 0.3) is 0 Å². The molecular weight excluding hydrogens is 270 g/mol. The lowest BCUT2D eigenvalue weighted by Gasteiger charge is -2.11. The van der Waals surface area contributed by atoms with Gasteiger partial charge < -0.3 is 9.52 Å². The van der Waals surface area contributed by atoms with Gasteiger partial charge in [0.1, 0.15) is 0 Å². The molecule has 0 aromatic carbocycles. The first-order valence-electron chi connectivity index (χ1n) is 5.08. The number of rotatable bonds is 3. The summed E-state index contributed by atoms with van der Waals surface area (Å²) < 4.78 is 6.00. The minimum Gasteiger partial charge on any atom is -0.465 e. The van der Waals surface area contributed by atoms with Gasteiger partial charge in [-0.1, -0.05) is 13.0 Å². The molecule has 2 aromatic rings. The highest BCUT2D eigenvalue weighted by atomic mass is 79.9. The normalized spacial score (nSPS) is 12.7. The Kier molecular flexibility index (Phi) is 3.41. The second kappa shape index (κ2) is 4.80. The first-order valence-corrected chi connectivity index (χ1v) is 5.88. The predicted molar refractivity (Wildman–Crippen MR) is 64.1 cm³/mol. The number of aliphatic hydroxyl groups is 1. The number of furan rings is 1. The van der Waals surface area contributed by atoms with E-state index in [1.54, 1.807) is 12.3 Å². The zero-order valence-corrected chi connectivity index (χ0v) is 10.4. The van der Waals surface area contributed by atoms with Gasteiger partial charge in [-0.15, -0.1) is 0 Å². The second-order valence-electron chi connectivity index (χ2n) is 3.44. The molecule has 2 rings (SSSR count). The number of hydrogen-bond donors (Lipinski definition) is 1. The highest BCUT2D eigenvalue weighted by Gasteiger charge is 2.20. The van der Waals surface area contributed by atoms with E-state index < -0.39 is 6.10 Å². The predicted octanol–water partition coefficient (Wildman–Crippen LogP) is 3.08. The molecule has 4 heteroatoms. The zero-order chi connectivity index (χ0) is 11.5. The van der Waals surface area contributed by atoms with Crippen molar-refractivity contribution in [2.45, 2.75) is 19.4 Å². The van der Waals surface area contributed by atoms with Crippen molar-refractivity contribution in [3.63, 3.8) is 0 Å². The zero-order valence-electron chi connectivity index (χ0n) is 8.85. The van der Waals surface area contributed by atoms with Crippen molar-refractivity contribution in [1.29, 1.82) is 0 Å². The first kappa shape index (κ1) is 11.4. The maximum atomic E-state index is 10.2. The summed E-state index contributed by atoms with van der Waals surface area (Å²) in [6, 6.07) is 5.59. The maximum absolute atomic E-state index is 10.2. The molecule has 1 atom stereocenters. The third-order valence-electron chi connectivity index (χ3n) is 2.46. The molecule has 3 nitrogen and oxygen atoms in total. The summed E-state index contributed by atoms with van der Waals surface area (Å²) in [5.41, 5.74) is 1.68. The molecule has 0 fully saturated rings. The monoisotopic (exact) mass is 281 g/mol. The molecule has 16 heavy (non-hydrogen) atoms. The number of aliphatic hydroxyl groups excluding tert-OH is 1. The Morgan fingerprint density at radius 2 is 2.31 bits per heavy atom. The summed E-state index contributed by atoms with van der Waals surface area (Å²) >= 11 is 3.33. The molecule has 2 heterocycles. The van der Waals surface area contributed by atoms with Gasteiger partial charge in [0, 0.05) is 6.20 Å². The van der Waals surface area contributed by atoms with Crippen molar-refractivity contribution >= 4 is 15.9 Å². The van der Waals surface area contributed by atoms with Gasteiger partial charge in [0.2, 0.25) is 0 Å². The first-order chi connectivity index (χ1) is 7.74. The second-order valence-corrected chi connectivity index (χ2v) is 4.29. The summed E-state index contributed by atoms with van der Waals surface area (Å²) in [5, 5.41) is 10.2. The Hall–Kier alpha value is -1.13. The minimum atomic E-state index is -0.819. The Labute approximate surface area is 102 Å². The topological polar surface area (TPSA) is 46.3 Å². The molecule has 0 aliphatic heterocycles. The van der Waals surface area contributed by atoms with Crippen LogP contribution in [0.15, 0.2) is 39.5 Å². The Morgan fingerprint density at radius 3 is 2.94 bits per heavy atom. The number of halogens is 1. The van der Waals surface area contributed by atoms with Gasteiger partial charge >= 0.3 is 0 Å². The average molecular weight is 282 g/mol. The standard InChI is InChI=1S/C12H12BrNO2/c1-2-8-4-3-6-14-10(8)11(15)12-9(13)5-7-16-12/h3-7,11,15H,2H2,1H3. The van der Waals surface area contributed by atoms with Crippen molar-refractivity contribution in [2.75, 3.05) is 0 Å². The van der Waals surface area contributed by atoms with Gasteiger partial charge in [0.15, 0.2) is 11.9 Å². The third kappa shape index (κ3) is 2.03. The number of hydrogen-bond acceptors (Lipinski definition) is 3. The van der Waals surface area contributed by atoms with Crippen LogP contribution >= 0.6 is 15.9 Å². The van der Waals surface area contributed by atoms with Crippen LogP contribution < -0.4 is 0 Å². The van der Waals surface area contributed by atoms with Gasteiger partial charge in [-0.25, -0.2) is 0 Å². The van der Waals surface area contributed by atoms with Crippen molar-refractivity contribution in [1.82, 2.24) is 4.98 Å². The molecule has 0 aliphatic rings. The summed E-state index contributed by atoms with van der Waals surface area (Å²) in [5.74, 6) is 0.494. The van der Waals surface area contributed by atoms with Crippen molar-refractivity contribution in [3.8, 4) is 0 Å². The van der Waals surface area contributed by atoms with Gasteiger partial charge in [0.25, 0.3) is 0 Å². The highest BCUT2D eigenvalue weighted by Crippen LogP contribution is 2.29. The van der Waals surface area contributed by atoms with Crippen molar-refractivity contribution in [2.24, 2.45) is 0 Å². The van der Waals surface area contributed by atoms with Crippen LogP contribution in [0.2, 0.25) is 0 Å². The summed E-state index contributed by atoms with van der Waals surface area (Å²) in [7, 11) is 0. The number of aromatic nitrogens is 1. The van der Waals surface area contributed by atoms with E-state index in [4.69, 9.17) is 4.42 Å². The van der Waals surface area contributed by atoms with E-state index >= 15 is 0 Å². The molecule has 1 N–H and O–H groups in total. The van der Waals surface area contributed by atoms with Crippen LogP contribution in [0, 0.1) is 0 Å². The van der Waals surface area contributed by atoms with Gasteiger partial charge in [-0.3, -0.25) is 4.98 Å².